The normalized spacial score (nSPS) is 10.7. The van der Waals surface area contributed by atoms with E-state index in [0.717, 1.165) is 17.7 Å². The first kappa shape index (κ1) is 18.7. The van der Waals surface area contributed by atoms with Crippen molar-refractivity contribution in [1.29, 1.82) is 0 Å². The van der Waals surface area contributed by atoms with E-state index in [4.69, 9.17) is 17.0 Å². The van der Waals surface area contributed by atoms with Crippen LogP contribution in [-0.2, 0) is 0 Å². The maximum Gasteiger partial charge on any atom is 0.191 e. The van der Waals surface area contributed by atoms with Gasteiger partial charge in [0.2, 0.25) is 0 Å². The van der Waals surface area contributed by atoms with Crippen LogP contribution < -0.4 is 15.5 Å². The summed E-state index contributed by atoms with van der Waals surface area (Å²) in [5.74, 6) is 0.740. The third-order valence-electron chi connectivity index (χ3n) is 3.70. The number of phenolic OH excluding ortho intramolecular Hbond substituents is 1. The molecule has 0 aliphatic heterocycles. The molecular weight excluding hydrogens is 334 g/mol. The van der Waals surface area contributed by atoms with E-state index < -0.39 is 0 Å². The van der Waals surface area contributed by atoms with E-state index in [1.807, 2.05) is 39.0 Å². The Kier molecular flexibility index (Phi) is 6.77. The monoisotopic (exact) mass is 357 g/mol. The first-order chi connectivity index (χ1) is 12.0. The molecule has 0 spiro atoms. The molecule has 5 nitrogen and oxygen atoms in total. The summed E-state index contributed by atoms with van der Waals surface area (Å²) in [6, 6.07) is 11.1. The van der Waals surface area contributed by atoms with Crippen molar-refractivity contribution in [3.8, 4) is 11.5 Å². The molecule has 0 amide bonds. The fourth-order valence-corrected chi connectivity index (χ4v) is 2.30. The highest BCUT2D eigenvalue weighted by Gasteiger charge is 2.03. The van der Waals surface area contributed by atoms with Crippen molar-refractivity contribution in [3.05, 3.63) is 53.1 Å². The zero-order valence-corrected chi connectivity index (χ0v) is 15.5. The zero-order chi connectivity index (χ0) is 18.2. The van der Waals surface area contributed by atoms with E-state index in [1.165, 1.54) is 11.8 Å². The molecule has 0 radical (unpaired) electrons. The molecule has 0 aliphatic carbocycles. The second-order valence-corrected chi connectivity index (χ2v) is 6.05. The Morgan fingerprint density at radius 2 is 2.08 bits per heavy atom. The van der Waals surface area contributed by atoms with Gasteiger partial charge < -0.3 is 15.2 Å². The molecule has 2 aromatic rings. The number of anilines is 1. The van der Waals surface area contributed by atoms with E-state index in [9.17, 15) is 5.11 Å². The average molecular weight is 357 g/mol. The number of hydrazone groups is 1. The van der Waals surface area contributed by atoms with Crippen LogP contribution in [-0.4, -0.2) is 23.0 Å². The standard InChI is InChI=1S/C19H23N3O2S/c1-4-10-24-16-9-8-15(18(23)11-16)12-20-22-19(25)21-17-7-5-6-13(2)14(17)3/h5-9,11-12,23H,4,10H2,1-3H3,(H2,21,22,25). The number of aryl methyl sites for hydroxylation is 1. The van der Waals surface area contributed by atoms with Crippen LogP contribution >= 0.6 is 12.2 Å². The van der Waals surface area contributed by atoms with Crippen molar-refractivity contribution < 1.29 is 9.84 Å². The topological polar surface area (TPSA) is 65.9 Å². The van der Waals surface area contributed by atoms with Gasteiger partial charge in [-0.1, -0.05) is 19.1 Å². The van der Waals surface area contributed by atoms with Crippen molar-refractivity contribution in [2.24, 2.45) is 5.10 Å². The maximum absolute atomic E-state index is 10.0. The van der Waals surface area contributed by atoms with Gasteiger partial charge in [0.25, 0.3) is 0 Å². The molecule has 0 bridgehead atoms. The number of thiocarbonyl (C=S) groups is 1. The summed E-state index contributed by atoms with van der Waals surface area (Å²) in [6.07, 6.45) is 2.43. The van der Waals surface area contributed by atoms with Crippen LogP contribution in [0.15, 0.2) is 41.5 Å². The minimum atomic E-state index is 0.104. The van der Waals surface area contributed by atoms with Crippen molar-refractivity contribution in [2.75, 3.05) is 11.9 Å². The van der Waals surface area contributed by atoms with Gasteiger partial charge in [-0.3, -0.25) is 5.43 Å². The number of phenols is 1. The summed E-state index contributed by atoms with van der Waals surface area (Å²) >= 11 is 5.24. The van der Waals surface area contributed by atoms with Crippen molar-refractivity contribution >= 4 is 29.2 Å². The minimum absolute atomic E-state index is 0.104. The minimum Gasteiger partial charge on any atom is -0.507 e. The van der Waals surface area contributed by atoms with Gasteiger partial charge in [-0.25, -0.2) is 0 Å². The molecule has 0 saturated heterocycles. The molecule has 132 valence electrons. The first-order valence-electron chi connectivity index (χ1n) is 8.13. The van der Waals surface area contributed by atoms with E-state index >= 15 is 0 Å². The lowest BCUT2D eigenvalue weighted by atomic mass is 10.1. The molecule has 25 heavy (non-hydrogen) atoms. The Balaban J connectivity index is 1.94. The number of hydrogen-bond acceptors (Lipinski definition) is 4. The number of rotatable bonds is 6. The van der Waals surface area contributed by atoms with Crippen LogP contribution in [0.5, 0.6) is 11.5 Å². The summed E-state index contributed by atoms with van der Waals surface area (Å²) in [7, 11) is 0. The van der Waals surface area contributed by atoms with Gasteiger partial charge in [0, 0.05) is 17.3 Å². The Hall–Kier alpha value is -2.60. The molecule has 6 heteroatoms. The molecule has 2 aromatic carbocycles. The summed E-state index contributed by atoms with van der Waals surface area (Å²) in [5.41, 5.74) is 6.58. The highest BCUT2D eigenvalue weighted by molar-refractivity contribution is 7.80. The Bertz CT molecular complexity index is 775. The summed E-state index contributed by atoms with van der Waals surface area (Å²) in [6.45, 7) is 6.73. The molecule has 2 rings (SSSR count). The molecule has 0 aliphatic rings. The lowest BCUT2D eigenvalue weighted by Crippen LogP contribution is -2.24. The number of benzene rings is 2. The number of ether oxygens (including phenoxy) is 1. The van der Waals surface area contributed by atoms with Crippen LogP contribution in [0.25, 0.3) is 0 Å². The fraction of sp³-hybridized carbons (Fsp3) is 0.263. The quantitative estimate of drug-likeness (QED) is 0.412. The fourth-order valence-electron chi connectivity index (χ4n) is 2.14. The highest BCUT2D eigenvalue weighted by atomic mass is 32.1. The van der Waals surface area contributed by atoms with Gasteiger partial charge in [0.05, 0.1) is 12.8 Å². The van der Waals surface area contributed by atoms with Gasteiger partial charge in [-0.05, 0) is 61.8 Å². The number of nitrogens with one attached hydrogen (secondary N) is 2. The van der Waals surface area contributed by atoms with Crippen LogP contribution in [0.1, 0.15) is 30.0 Å². The summed E-state index contributed by atoms with van der Waals surface area (Å²) in [4.78, 5) is 0. The lowest BCUT2D eigenvalue weighted by Gasteiger charge is -2.11. The largest absolute Gasteiger partial charge is 0.507 e. The number of nitrogens with zero attached hydrogens (tertiary/aromatic N) is 1. The van der Waals surface area contributed by atoms with Crippen LogP contribution in [0.3, 0.4) is 0 Å². The molecular formula is C19H23N3O2S. The van der Waals surface area contributed by atoms with E-state index in [2.05, 4.69) is 15.8 Å². The smallest absolute Gasteiger partial charge is 0.191 e. The van der Waals surface area contributed by atoms with Gasteiger partial charge in [0.1, 0.15) is 11.5 Å². The summed E-state index contributed by atoms with van der Waals surface area (Å²) in [5, 5.41) is 17.6. The predicted octanol–water partition coefficient (Wildman–Crippen LogP) is 4.12. The van der Waals surface area contributed by atoms with Crippen LogP contribution in [0.2, 0.25) is 0 Å². The van der Waals surface area contributed by atoms with Crippen molar-refractivity contribution in [2.45, 2.75) is 27.2 Å². The molecule has 0 saturated carbocycles. The van der Waals surface area contributed by atoms with E-state index in [0.29, 0.717) is 23.0 Å². The zero-order valence-electron chi connectivity index (χ0n) is 14.7. The number of aromatic hydroxyl groups is 1. The SMILES string of the molecule is CCCOc1ccc(C=NNC(=S)Nc2cccc(C)c2C)c(O)c1. The molecule has 0 atom stereocenters. The van der Waals surface area contributed by atoms with Gasteiger partial charge in [-0.2, -0.15) is 5.10 Å². The van der Waals surface area contributed by atoms with Gasteiger partial charge >= 0.3 is 0 Å². The highest BCUT2D eigenvalue weighted by Crippen LogP contribution is 2.22. The Labute approximate surface area is 153 Å². The van der Waals surface area contributed by atoms with Crippen molar-refractivity contribution in [3.63, 3.8) is 0 Å². The van der Waals surface area contributed by atoms with E-state index in [1.54, 1.807) is 18.2 Å². The van der Waals surface area contributed by atoms with Crippen LogP contribution in [0.4, 0.5) is 5.69 Å². The third-order valence-corrected chi connectivity index (χ3v) is 3.89. The maximum atomic E-state index is 10.0. The Morgan fingerprint density at radius 3 is 2.80 bits per heavy atom. The molecule has 0 heterocycles. The molecule has 3 N–H and O–H groups in total. The number of hydrogen-bond donors (Lipinski definition) is 3. The van der Waals surface area contributed by atoms with Crippen molar-refractivity contribution in [1.82, 2.24) is 5.43 Å². The van der Waals surface area contributed by atoms with Gasteiger partial charge in [0.15, 0.2) is 5.11 Å². The second kappa shape index (κ2) is 9.03. The predicted molar refractivity (Wildman–Crippen MR) is 107 cm³/mol. The molecule has 0 aromatic heterocycles. The molecule has 0 fully saturated rings. The summed E-state index contributed by atoms with van der Waals surface area (Å²) < 4.78 is 5.47. The molecule has 0 unspecified atom stereocenters. The van der Waals surface area contributed by atoms with E-state index in [-0.39, 0.29) is 5.75 Å². The first-order valence-corrected chi connectivity index (χ1v) is 8.54. The average Bonchev–Trinajstić information content (AvgIpc) is 2.59. The Morgan fingerprint density at radius 1 is 1.28 bits per heavy atom. The second-order valence-electron chi connectivity index (χ2n) is 5.64. The van der Waals surface area contributed by atoms with Gasteiger partial charge in [-0.15, -0.1) is 0 Å². The van der Waals surface area contributed by atoms with Crippen LogP contribution in [0, 0.1) is 13.8 Å². The lowest BCUT2D eigenvalue weighted by molar-refractivity contribution is 0.315. The third kappa shape index (κ3) is 5.46.